The van der Waals surface area contributed by atoms with Gasteiger partial charge in [0.15, 0.2) is 0 Å². The highest BCUT2D eigenvalue weighted by Crippen LogP contribution is 2.16. The van der Waals surface area contributed by atoms with Gasteiger partial charge in [-0.15, -0.1) is 0 Å². The van der Waals surface area contributed by atoms with Crippen LogP contribution >= 0.6 is 0 Å². The van der Waals surface area contributed by atoms with Crippen molar-refractivity contribution in [2.75, 3.05) is 6.54 Å². The Labute approximate surface area is 108 Å². The third-order valence-electron chi connectivity index (χ3n) is 3.05. The molecule has 1 aromatic carbocycles. The number of rotatable bonds is 5. The van der Waals surface area contributed by atoms with Crippen LogP contribution in [0.2, 0.25) is 0 Å². The van der Waals surface area contributed by atoms with E-state index in [-0.39, 0.29) is 17.7 Å². The second-order valence-corrected chi connectivity index (χ2v) is 4.90. The maximum absolute atomic E-state index is 12.1. The molecular formula is C14H22N2O2. The topological polar surface area (TPSA) is 75.3 Å². The van der Waals surface area contributed by atoms with Gasteiger partial charge >= 0.3 is 0 Å². The first-order valence-electron chi connectivity index (χ1n) is 6.26. The Hall–Kier alpha value is -1.55. The average molecular weight is 250 g/mol. The van der Waals surface area contributed by atoms with Gasteiger partial charge in [0, 0.05) is 11.6 Å². The summed E-state index contributed by atoms with van der Waals surface area (Å²) in [6, 6.07) is 4.83. The lowest BCUT2D eigenvalue weighted by Gasteiger charge is -2.22. The summed E-state index contributed by atoms with van der Waals surface area (Å²) >= 11 is 0. The second kappa shape index (κ2) is 6.40. The van der Waals surface area contributed by atoms with Gasteiger partial charge in [0.2, 0.25) is 0 Å². The van der Waals surface area contributed by atoms with E-state index in [9.17, 15) is 9.90 Å². The fraction of sp³-hybridized carbons (Fsp3) is 0.500. The van der Waals surface area contributed by atoms with E-state index in [2.05, 4.69) is 19.2 Å². The maximum atomic E-state index is 12.1. The van der Waals surface area contributed by atoms with E-state index in [1.54, 1.807) is 12.1 Å². The Balaban J connectivity index is 2.80. The van der Waals surface area contributed by atoms with Crippen LogP contribution in [0.1, 0.15) is 36.2 Å². The Morgan fingerprint density at radius 2 is 2.11 bits per heavy atom. The minimum Gasteiger partial charge on any atom is -0.508 e. The Morgan fingerprint density at radius 1 is 1.44 bits per heavy atom. The van der Waals surface area contributed by atoms with Gasteiger partial charge in [0.05, 0.1) is 0 Å². The molecule has 4 N–H and O–H groups in total. The number of carbonyl (C=O) groups is 1. The van der Waals surface area contributed by atoms with Crippen LogP contribution in [0.5, 0.6) is 5.75 Å². The average Bonchev–Trinajstić information content (AvgIpc) is 2.27. The van der Waals surface area contributed by atoms with Crippen LogP contribution in [0.15, 0.2) is 18.2 Å². The van der Waals surface area contributed by atoms with E-state index in [4.69, 9.17) is 5.73 Å². The van der Waals surface area contributed by atoms with Gasteiger partial charge in [0.1, 0.15) is 5.75 Å². The minimum absolute atomic E-state index is 0.0794. The van der Waals surface area contributed by atoms with Gasteiger partial charge < -0.3 is 16.2 Å². The van der Waals surface area contributed by atoms with Crippen molar-refractivity contribution >= 4 is 5.91 Å². The summed E-state index contributed by atoms with van der Waals surface area (Å²) in [6.07, 6.45) is 0.764. The van der Waals surface area contributed by atoms with Crippen molar-refractivity contribution in [3.8, 4) is 5.75 Å². The van der Waals surface area contributed by atoms with Crippen molar-refractivity contribution in [3.63, 3.8) is 0 Å². The standard InChI is InChI=1S/C14H22N2O2/c1-9(2)13(6-7-15)16-14(18)12-5-4-11(17)8-10(12)3/h4-5,8-9,13,17H,6-7,15H2,1-3H3,(H,16,18). The molecule has 1 amide bonds. The highest BCUT2D eigenvalue weighted by atomic mass is 16.3. The molecule has 1 atom stereocenters. The van der Waals surface area contributed by atoms with Crippen molar-refractivity contribution in [2.24, 2.45) is 11.7 Å². The van der Waals surface area contributed by atoms with Crippen molar-refractivity contribution < 1.29 is 9.90 Å². The minimum atomic E-state index is -0.111. The molecule has 1 unspecified atom stereocenters. The molecule has 4 nitrogen and oxygen atoms in total. The fourth-order valence-electron chi connectivity index (χ4n) is 1.90. The summed E-state index contributed by atoms with van der Waals surface area (Å²) in [7, 11) is 0. The molecule has 1 rings (SSSR count). The molecule has 0 aliphatic carbocycles. The zero-order valence-corrected chi connectivity index (χ0v) is 11.2. The zero-order valence-electron chi connectivity index (χ0n) is 11.2. The lowest BCUT2D eigenvalue weighted by molar-refractivity contribution is 0.0923. The van der Waals surface area contributed by atoms with E-state index < -0.39 is 0 Å². The van der Waals surface area contributed by atoms with Crippen LogP contribution < -0.4 is 11.1 Å². The van der Waals surface area contributed by atoms with Crippen molar-refractivity contribution in [1.29, 1.82) is 0 Å². The van der Waals surface area contributed by atoms with Gasteiger partial charge in [-0.25, -0.2) is 0 Å². The number of nitrogens with one attached hydrogen (secondary N) is 1. The highest BCUT2D eigenvalue weighted by Gasteiger charge is 2.17. The molecule has 18 heavy (non-hydrogen) atoms. The number of benzene rings is 1. The van der Waals surface area contributed by atoms with Crippen LogP contribution in [-0.2, 0) is 0 Å². The quantitative estimate of drug-likeness (QED) is 0.746. The largest absolute Gasteiger partial charge is 0.508 e. The molecule has 0 bridgehead atoms. The van der Waals surface area contributed by atoms with E-state index in [1.165, 1.54) is 6.07 Å². The molecule has 0 saturated carbocycles. The molecule has 0 aliphatic rings. The van der Waals surface area contributed by atoms with Gasteiger partial charge in [-0.05, 0) is 49.6 Å². The van der Waals surface area contributed by atoms with E-state index in [1.807, 2.05) is 6.92 Å². The molecule has 0 fully saturated rings. The number of phenols is 1. The summed E-state index contributed by atoms with van der Waals surface area (Å²) in [4.78, 5) is 12.1. The molecule has 0 radical (unpaired) electrons. The first kappa shape index (κ1) is 14.5. The number of aryl methyl sites for hydroxylation is 1. The van der Waals surface area contributed by atoms with Gasteiger partial charge in [-0.2, -0.15) is 0 Å². The highest BCUT2D eigenvalue weighted by molar-refractivity contribution is 5.96. The normalized spacial score (nSPS) is 12.5. The van der Waals surface area contributed by atoms with Gasteiger partial charge in [-0.1, -0.05) is 13.8 Å². The maximum Gasteiger partial charge on any atom is 0.251 e. The molecule has 100 valence electrons. The lowest BCUT2D eigenvalue weighted by atomic mass is 9.99. The fourth-order valence-corrected chi connectivity index (χ4v) is 1.90. The molecular weight excluding hydrogens is 228 g/mol. The molecule has 0 heterocycles. The van der Waals surface area contributed by atoms with Crippen LogP contribution in [0.4, 0.5) is 0 Å². The number of phenolic OH excluding ortho intramolecular Hbond substituents is 1. The molecule has 0 aliphatic heterocycles. The van der Waals surface area contributed by atoms with Crippen LogP contribution in [0.25, 0.3) is 0 Å². The number of carbonyl (C=O) groups excluding carboxylic acids is 1. The number of hydrogen-bond acceptors (Lipinski definition) is 3. The van der Waals surface area contributed by atoms with E-state index in [0.29, 0.717) is 18.0 Å². The summed E-state index contributed by atoms with van der Waals surface area (Å²) in [5.74, 6) is 0.404. The van der Waals surface area contributed by atoms with Crippen molar-refractivity contribution in [3.05, 3.63) is 29.3 Å². The monoisotopic (exact) mass is 250 g/mol. The molecule has 0 saturated heterocycles. The Bertz CT molecular complexity index is 416. The lowest BCUT2D eigenvalue weighted by Crippen LogP contribution is -2.40. The van der Waals surface area contributed by atoms with Gasteiger partial charge in [0.25, 0.3) is 5.91 Å². The smallest absolute Gasteiger partial charge is 0.251 e. The second-order valence-electron chi connectivity index (χ2n) is 4.90. The van der Waals surface area contributed by atoms with E-state index >= 15 is 0 Å². The van der Waals surface area contributed by atoms with Crippen LogP contribution in [0.3, 0.4) is 0 Å². The van der Waals surface area contributed by atoms with E-state index in [0.717, 1.165) is 12.0 Å². The molecule has 0 spiro atoms. The molecule has 0 aromatic heterocycles. The SMILES string of the molecule is Cc1cc(O)ccc1C(=O)NC(CCN)C(C)C. The van der Waals surface area contributed by atoms with Gasteiger partial charge in [-0.3, -0.25) is 4.79 Å². The Morgan fingerprint density at radius 3 is 2.61 bits per heavy atom. The number of amides is 1. The van der Waals surface area contributed by atoms with Crippen molar-refractivity contribution in [1.82, 2.24) is 5.32 Å². The summed E-state index contributed by atoms with van der Waals surface area (Å²) < 4.78 is 0. The number of aromatic hydroxyl groups is 1. The third-order valence-corrected chi connectivity index (χ3v) is 3.05. The summed E-state index contributed by atoms with van der Waals surface area (Å²) in [5, 5.41) is 12.3. The molecule has 1 aromatic rings. The molecule has 4 heteroatoms. The predicted molar refractivity (Wildman–Crippen MR) is 72.6 cm³/mol. The number of nitrogens with two attached hydrogens (primary N) is 1. The zero-order chi connectivity index (χ0) is 13.7. The number of hydrogen-bond donors (Lipinski definition) is 3. The van der Waals surface area contributed by atoms with Crippen LogP contribution in [0, 0.1) is 12.8 Å². The predicted octanol–water partition coefficient (Wildman–Crippen LogP) is 1.80. The Kier molecular flexibility index (Phi) is 5.16. The first-order chi connectivity index (χ1) is 8.45. The van der Waals surface area contributed by atoms with Crippen molar-refractivity contribution in [2.45, 2.75) is 33.2 Å². The first-order valence-corrected chi connectivity index (χ1v) is 6.26. The van der Waals surface area contributed by atoms with Crippen LogP contribution in [-0.4, -0.2) is 23.6 Å². The third kappa shape index (κ3) is 3.74. The summed E-state index contributed by atoms with van der Waals surface area (Å²) in [6.45, 7) is 6.48. The summed E-state index contributed by atoms with van der Waals surface area (Å²) in [5.41, 5.74) is 6.91.